The molecular weight excluding hydrogens is 384 g/mol. The van der Waals surface area contributed by atoms with Crippen molar-refractivity contribution in [2.75, 3.05) is 20.3 Å². The topological polar surface area (TPSA) is 18.5 Å². The number of rotatable bonds is 7. The first kappa shape index (κ1) is 21.6. The second kappa shape index (κ2) is 9.61. The van der Waals surface area contributed by atoms with Gasteiger partial charge in [-0.25, -0.2) is 13.2 Å². The van der Waals surface area contributed by atoms with Crippen molar-refractivity contribution in [1.29, 1.82) is 0 Å². The van der Waals surface area contributed by atoms with E-state index in [1.54, 1.807) is 14.0 Å². The standard InChI is InChI=1S/C23H26F4O2/c1-3-29-19-11-10-18(22(26)23(19)27)17-9-8-16(20(24)21(17)25)15-6-4-14(5-7-15)12-13-28-2/h8-11,14-15H,3-7,12-13H2,1-2H3. The Morgan fingerprint density at radius 2 is 1.45 bits per heavy atom. The van der Waals surface area contributed by atoms with Crippen LogP contribution in [-0.2, 0) is 4.74 Å². The molecule has 1 saturated carbocycles. The largest absolute Gasteiger partial charge is 0.491 e. The predicted octanol–water partition coefficient (Wildman–Crippen LogP) is 6.62. The van der Waals surface area contributed by atoms with Crippen LogP contribution in [0.3, 0.4) is 0 Å². The summed E-state index contributed by atoms with van der Waals surface area (Å²) >= 11 is 0. The molecule has 0 radical (unpaired) electrons. The van der Waals surface area contributed by atoms with Crippen LogP contribution < -0.4 is 4.74 Å². The monoisotopic (exact) mass is 410 g/mol. The Kier molecular flexibility index (Phi) is 7.17. The third-order valence-corrected chi connectivity index (χ3v) is 5.77. The molecule has 1 fully saturated rings. The summed E-state index contributed by atoms with van der Waals surface area (Å²) in [7, 11) is 1.67. The third kappa shape index (κ3) is 4.58. The highest BCUT2D eigenvalue weighted by molar-refractivity contribution is 5.66. The van der Waals surface area contributed by atoms with Crippen LogP contribution in [0.2, 0.25) is 0 Å². The van der Waals surface area contributed by atoms with E-state index >= 15 is 0 Å². The van der Waals surface area contributed by atoms with Gasteiger partial charge in [0.05, 0.1) is 6.61 Å². The van der Waals surface area contributed by atoms with E-state index in [0.29, 0.717) is 18.1 Å². The molecule has 0 unspecified atom stereocenters. The summed E-state index contributed by atoms with van der Waals surface area (Å²) in [5, 5.41) is 0. The smallest absolute Gasteiger partial charge is 0.201 e. The molecule has 158 valence electrons. The quantitative estimate of drug-likeness (QED) is 0.478. The van der Waals surface area contributed by atoms with Crippen molar-refractivity contribution in [3.63, 3.8) is 0 Å². The van der Waals surface area contributed by atoms with Gasteiger partial charge in [0.15, 0.2) is 23.2 Å². The van der Waals surface area contributed by atoms with E-state index in [0.717, 1.165) is 32.1 Å². The number of hydrogen-bond acceptors (Lipinski definition) is 2. The van der Waals surface area contributed by atoms with Crippen LogP contribution in [0.5, 0.6) is 5.75 Å². The van der Waals surface area contributed by atoms with E-state index in [1.165, 1.54) is 24.3 Å². The van der Waals surface area contributed by atoms with Crippen molar-refractivity contribution < 1.29 is 27.0 Å². The molecular formula is C23H26F4O2. The van der Waals surface area contributed by atoms with Crippen molar-refractivity contribution >= 4 is 0 Å². The molecule has 0 spiro atoms. The van der Waals surface area contributed by atoms with Crippen molar-refractivity contribution in [3.8, 4) is 16.9 Å². The molecule has 0 N–H and O–H groups in total. The third-order valence-electron chi connectivity index (χ3n) is 5.77. The Morgan fingerprint density at radius 1 is 0.828 bits per heavy atom. The van der Waals surface area contributed by atoms with Crippen LogP contribution in [0.15, 0.2) is 24.3 Å². The van der Waals surface area contributed by atoms with Crippen LogP contribution in [-0.4, -0.2) is 20.3 Å². The molecule has 29 heavy (non-hydrogen) atoms. The van der Waals surface area contributed by atoms with Crippen LogP contribution in [0.25, 0.3) is 11.1 Å². The minimum atomic E-state index is -1.25. The number of ether oxygens (including phenoxy) is 2. The molecule has 0 heterocycles. The highest BCUT2D eigenvalue weighted by Crippen LogP contribution is 2.40. The molecule has 0 saturated heterocycles. The summed E-state index contributed by atoms with van der Waals surface area (Å²) in [5.74, 6) is -4.36. The lowest BCUT2D eigenvalue weighted by molar-refractivity contribution is 0.162. The average Bonchev–Trinajstić information content (AvgIpc) is 2.73. The normalized spacial score (nSPS) is 19.4. The molecule has 0 aromatic heterocycles. The summed E-state index contributed by atoms with van der Waals surface area (Å²) in [5.41, 5.74) is -0.306. The van der Waals surface area contributed by atoms with Gasteiger partial charge in [-0.3, -0.25) is 0 Å². The highest BCUT2D eigenvalue weighted by Gasteiger charge is 2.27. The second-order valence-electron chi connectivity index (χ2n) is 7.50. The zero-order valence-electron chi connectivity index (χ0n) is 16.7. The number of methoxy groups -OCH3 is 1. The van der Waals surface area contributed by atoms with E-state index in [9.17, 15) is 17.6 Å². The van der Waals surface area contributed by atoms with Crippen molar-refractivity contribution in [2.45, 2.75) is 44.9 Å². The summed E-state index contributed by atoms with van der Waals surface area (Å²) in [6.45, 7) is 2.52. The van der Waals surface area contributed by atoms with Crippen LogP contribution >= 0.6 is 0 Å². The Bertz CT molecular complexity index is 845. The van der Waals surface area contributed by atoms with Crippen LogP contribution in [0.1, 0.15) is 50.5 Å². The van der Waals surface area contributed by atoms with Crippen LogP contribution in [0.4, 0.5) is 17.6 Å². The molecule has 0 bridgehead atoms. The van der Waals surface area contributed by atoms with Gasteiger partial charge in [-0.15, -0.1) is 0 Å². The summed E-state index contributed by atoms with van der Waals surface area (Å²) in [6.07, 6.45) is 4.40. The molecule has 0 aliphatic heterocycles. The van der Waals surface area contributed by atoms with Gasteiger partial charge in [-0.1, -0.05) is 12.1 Å². The van der Waals surface area contributed by atoms with E-state index in [4.69, 9.17) is 9.47 Å². The SMILES string of the molecule is CCOc1ccc(-c2ccc(C3CCC(CCOC)CC3)c(F)c2F)c(F)c1F. The molecule has 0 amide bonds. The van der Waals surface area contributed by atoms with E-state index in [-0.39, 0.29) is 29.4 Å². The molecule has 2 aromatic rings. The number of hydrogen-bond donors (Lipinski definition) is 0. The first-order valence-electron chi connectivity index (χ1n) is 10.1. The summed E-state index contributed by atoms with van der Waals surface area (Å²) < 4.78 is 68.3. The minimum absolute atomic E-state index is 0.0701. The van der Waals surface area contributed by atoms with Gasteiger partial charge in [0.2, 0.25) is 5.82 Å². The van der Waals surface area contributed by atoms with Crippen molar-refractivity contribution in [3.05, 3.63) is 53.1 Å². The summed E-state index contributed by atoms with van der Waals surface area (Å²) in [4.78, 5) is 0. The molecule has 2 aromatic carbocycles. The van der Waals surface area contributed by atoms with Gasteiger partial charge < -0.3 is 9.47 Å². The maximum atomic E-state index is 14.8. The maximum absolute atomic E-state index is 14.8. The second-order valence-corrected chi connectivity index (χ2v) is 7.50. The maximum Gasteiger partial charge on any atom is 0.201 e. The lowest BCUT2D eigenvalue weighted by atomic mass is 9.77. The van der Waals surface area contributed by atoms with E-state index in [2.05, 4.69) is 0 Å². The minimum Gasteiger partial charge on any atom is -0.491 e. The lowest BCUT2D eigenvalue weighted by Gasteiger charge is -2.29. The first-order valence-corrected chi connectivity index (χ1v) is 10.1. The fourth-order valence-corrected chi connectivity index (χ4v) is 4.14. The van der Waals surface area contributed by atoms with E-state index in [1.807, 2.05) is 0 Å². The van der Waals surface area contributed by atoms with Gasteiger partial charge in [-0.05, 0) is 68.6 Å². The molecule has 2 nitrogen and oxygen atoms in total. The van der Waals surface area contributed by atoms with Gasteiger partial charge in [0.25, 0.3) is 0 Å². The molecule has 1 aliphatic rings. The predicted molar refractivity (Wildman–Crippen MR) is 104 cm³/mol. The molecule has 3 rings (SSSR count). The fraction of sp³-hybridized carbons (Fsp3) is 0.478. The van der Waals surface area contributed by atoms with Crippen molar-refractivity contribution in [1.82, 2.24) is 0 Å². The average molecular weight is 410 g/mol. The number of halogens is 4. The van der Waals surface area contributed by atoms with Gasteiger partial charge in [0.1, 0.15) is 0 Å². The Hall–Kier alpha value is -2.08. The van der Waals surface area contributed by atoms with Crippen molar-refractivity contribution in [2.24, 2.45) is 5.92 Å². The molecule has 6 heteroatoms. The van der Waals surface area contributed by atoms with Crippen LogP contribution in [0, 0.1) is 29.2 Å². The molecule has 0 atom stereocenters. The van der Waals surface area contributed by atoms with Gasteiger partial charge in [0, 0.05) is 24.8 Å². The summed E-state index contributed by atoms with van der Waals surface area (Å²) in [6, 6.07) is 5.27. The highest BCUT2D eigenvalue weighted by atomic mass is 19.2. The molecule has 1 aliphatic carbocycles. The lowest BCUT2D eigenvalue weighted by Crippen LogP contribution is -2.16. The van der Waals surface area contributed by atoms with E-state index < -0.39 is 23.3 Å². The Morgan fingerprint density at radius 3 is 2.07 bits per heavy atom. The zero-order valence-corrected chi connectivity index (χ0v) is 16.7. The van der Waals surface area contributed by atoms with Gasteiger partial charge in [-0.2, -0.15) is 4.39 Å². The Labute approximate surface area is 168 Å². The zero-order chi connectivity index (χ0) is 21.0. The first-order chi connectivity index (χ1) is 14.0. The van der Waals surface area contributed by atoms with Gasteiger partial charge >= 0.3 is 0 Å². The number of benzene rings is 2. The fourth-order valence-electron chi connectivity index (χ4n) is 4.14. The Balaban J connectivity index is 1.83.